The van der Waals surface area contributed by atoms with Crippen LogP contribution >= 0.6 is 15.9 Å². The lowest BCUT2D eigenvalue weighted by Crippen LogP contribution is -2.38. The summed E-state index contributed by atoms with van der Waals surface area (Å²) in [6, 6.07) is 5.11. The van der Waals surface area contributed by atoms with Crippen LogP contribution in [0, 0.1) is 5.92 Å². The van der Waals surface area contributed by atoms with E-state index in [9.17, 15) is 14.7 Å². The molecule has 0 saturated carbocycles. The van der Waals surface area contributed by atoms with Crippen molar-refractivity contribution in [3.05, 3.63) is 28.2 Å². The quantitative estimate of drug-likeness (QED) is 0.906. The number of nitrogens with zero attached hydrogens (tertiary/aromatic N) is 1. The van der Waals surface area contributed by atoms with E-state index in [4.69, 9.17) is 4.74 Å². The van der Waals surface area contributed by atoms with Crippen LogP contribution in [0.5, 0.6) is 5.75 Å². The minimum absolute atomic E-state index is 0.0432. The topological polar surface area (TPSA) is 66.8 Å². The Bertz CT molecular complexity index is 603. The van der Waals surface area contributed by atoms with Gasteiger partial charge >= 0.3 is 5.97 Å². The molecule has 6 heteroatoms. The van der Waals surface area contributed by atoms with Gasteiger partial charge in [-0.15, -0.1) is 0 Å². The third-order valence-corrected chi connectivity index (χ3v) is 5.18. The molecule has 2 aliphatic rings. The van der Waals surface area contributed by atoms with Gasteiger partial charge in [-0.05, 0) is 53.4 Å². The van der Waals surface area contributed by atoms with Gasteiger partial charge in [0.2, 0.25) is 0 Å². The number of carboxylic acid groups (broad SMARTS) is 1. The zero-order valence-corrected chi connectivity index (χ0v) is 13.2. The molecule has 112 valence electrons. The summed E-state index contributed by atoms with van der Waals surface area (Å²) < 4.78 is 5.87. The molecule has 1 N–H and O–H groups in total. The molecule has 0 radical (unpaired) electrons. The van der Waals surface area contributed by atoms with Gasteiger partial charge in [-0.3, -0.25) is 9.59 Å². The summed E-state index contributed by atoms with van der Waals surface area (Å²) in [5, 5.41) is 9.27. The molecule has 3 atom stereocenters. The monoisotopic (exact) mass is 353 g/mol. The molecule has 1 amide bonds. The molecule has 0 aliphatic carbocycles. The molecule has 1 aromatic carbocycles. The number of methoxy groups -OCH3 is 1. The fourth-order valence-electron chi connectivity index (χ4n) is 3.50. The first kappa shape index (κ1) is 14.4. The predicted octanol–water partition coefficient (Wildman–Crippen LogP) is 2.54. The van der Waals surface area contributed by atoms with E-state index in [2.05, 4.69) is 15.9 Å². The third-order valence-electron chi connectivity index (χ3n) is 4.49. The van der Waals surface area contributed by atoms with Crippen LogP contribution in [-0.2, 0) is 4.79 Å². The van der Waals surface area contributed by atoms with Gasteiger partial charge in [0.05, 0.1) is 18.6 Å². The SMILES string of the molecule is COc1ccc(Br)c(C(=O)N2C3CCC2C(C(=O)O)C3)c1. The molecule has 3 unspecified atom stereocenters. The fourth-order valence-corrected chi connectivity index (χ4v) is 3.92. The number of fused-ring (bicyclic) bond motifs is 2. The number of carbonyl (C=O) groups is 2. The summed E-state index contributed by atoms with van der Waals surface area (Å²) in [4.78, 5) is 25.9. The lowest BCUT2D eigenvalue weighted by atomic mass is 9.89. The largest absolute Gasteiger partial charge is 0.497 e. The van der Waals surface area contributed by atoms with Crippen LogP contribution < -0.4 is 4.74 Å². The van der Waals surface area contributed by atoms with E-state index in [1.54, 1.807) is 30.2 Å². The molecular weight excluding hydrogens is 338 g/mol. The van der Waals surface area contributed by atoms with Crippen LogP contribution in [0.1, 0.15) is 29.6 Å². The summed E-state index contributed by atoms with van der Waals surface area (Å²) in [7, 11) is 1.55. The average molecular weight is 354 g/mol. The second-order valence-electron chi connectivity index (χ2n) is 5.54. The molecule has 21 heavy (non-hydrogen) atoms. The number of rotatable bonds is 3. The summed E-state index contributed by atoms with van der Waals surface area (Å²) in [5.74, 6) is -0.735. The number of hydrogen-bond donors (Lipinski definition) is 1. The second kappa shape index (κ2) is 5.33. The number of amides is 1. The van der Waals surface area contributed by atoms with E-state index >= 15 is 0 Å². The lowest BCUT2D eigenvalue weighted by molar-refractivity contribution is -0.142. The number of halogens is 1. The minimum atomic E-state index is -0.801. The molecule has 2 aliphatic heterocycles. The highest BCUT2D eigenvalue weighted by Gasteiger charge is 2.51. The highest BCUT2D eigenvalue weighted by atomic mass is 79.9. The molecule has 1 aromatic rings. The number of carboxylic acids is 1. The molecule has 3 rings (SSSR count). The standard InChI is InChI=1S/C15H16BrNO4/c1-21-9-3-4-12(16)10(7-9)14(18)17-8-2-5-13(17)11(6-8)15(19)20/h3-4,7-8,11,13H,2,5-6H2,1H3,(H,19,20). The molecule has 5 nitrogen and oxygen atoms in total. The normalized spacial score (nSPS) is 27.0. The Morgan fingerprint density at radius 3 is 2.76 bits per heavy atom. The summed E-state index contributed by atoms with van der Waals surface area (Å²) in [6.07, 6.45) is 2.23. The minimum Gasteiger partial charge on any atom is -0.497 e. The summed E-state index contributed by atoms with van der Waals surface area (Å²) >= 11 is 3.39. The van der Waals surface area contributed by atoms with Crippen LogP contribution in [0.25, 0.3) is 0 Å². The zero-order chi connectivity index (χ0) is 15.1. The van der Waals surface area contributed by atoms with E-state index in [0.717, 1.165) is 12.8 Å². The number of ether oxygens (including phenoxy) is 1. The van der Waals surface area contributed by atoms with Crippen molar-refractivity contribution in [1.29, 1.82) is 0 Å². The van der Waals surface area contributed by atoms with Crippen molar-refractivity contribution >= 4 is 27.8 Å². The Morgan fingerprint density at radius 2 is 2.14 bits per heavy atom. The predicted molar refractivity (Wildman–Crippen MR) is 79.4 cm³/mol. The second-order valence-corrected chi connectivity index (χ2v) is 6.39. The molecule has 0 aromatic heterocycles. The lowest BCUT2D eigenvalue weighted by Gasteiger charge is -2.24. The molecule has 0 spiro atoms. The number of aliphatic carboxylic acids is 1. The maximum absolute atomic E-state index is 12.8. The molecule has 2 fully saturated rings. The van der Waals surface area contributed by atoms with Crippen molar-refractivity contribution in [2.24, 2.45) is 5.92 Å². The van der Waals surface area contributed by atoms with E-state index in [1.165, 1.54) is 0 Å². The van der Waals surface area contributed by atoms with Gasteiger partial charge in [-0.2, -0.15) is 0 Å². The Kier molecular flexibility index (Phi) is 3.65. The van der Waals surface area contributed by atoms with Gasteiger partial charge in [-0.25, -0.2) is 0 Å². The van der Waals surface area contributed by atoms with Crippen molar-refractivity contribution in [1.82, 2.24) is 4.90 Å². The Morgan fingerprint density at radius 1 is 1.38 bits per heavy atom. The first-order chi connectivity index (χ1) is 10.0. The van der Waals surface area contributed by atoms with E-state index in [-0.39, 0.29) is 18.0 Å². The summed E-state index contributed by atoms with van der Waals surface area (Å²) in [6.45, 7) is 0. The Hall–Kier alpha value is -1.56. The van der Waals surface area contributed by atoms with Gasteiger partial charge in [0.1, 0.15) is 5.75 Å². The number of hydrogen-bond acceptors (Lipinski definition) is 3. The van der Waals surface area contributed by atoms with Gasteiger partial charge in [0.15, 0.2) is 0 Å². The Labute approximate surface area is 131 Å². The highest BCUT2D eigenvalue weighted by Crippen LogP contribution is 2.43. The zero-order valence-electron chi connectivity index (χ0n) is 11.6. The van der Waals surface area contributed by atoms with Gasteiger partial charge in [0, 0.05) is 16.6 Å². The van der Waals surface area contributed by atoms with Gasteiger partial charge < -0.3 is 14.7 Å². The average Bonchev–Trinajstić information content (AvgIpc) is 3.04. The third kappa shape index (κ3) is 2.31. The van der Waals surface area contributed by atoms with Crippen LogP contribution in [-0.4, -0.2) is 41.1 Å². The smallest absolute Gasteiger partial charge is 0.308 e. The highest BCUT2D eigenvalue weighted by molar-refractivity contribution is 9.10. The van der Waals surface area contributed by atoms with E-state index < -0.39 is 11.9 Å². The van der Waals surface area contributed by atoms with E-state index in [1.807, 2.05) is 0 Å². The van der Waals surface area contributed by atoms with Crippen LogP contribution in [0.2, 0.25) is 0 Å². The van der Waals surface area contributed by atoms with Crippen molar-refractivity contribution in [3.8, 4) is 5.75 Å². The number of benzene rings is 1. The molecular formula is C15H16BrNO4. The summed E-state index contributed by atoms with van der Waals surface area (Å²) in [5.41, 5.74) is 0.525. The first-order valence-corrected chi connectivity index (χ1v) is 7.71. The maximum Gasteiger partial charge on any atom is 0.308 e. The van der Waals surface area contributed by atoms with Crippen molar-refractivity contribution in [2.45, 2.75) is 31.3 Å². The Balaban J connectivity index is 1.91. The maximum atomic E-state index is 12.8. The van der Waals surface area contributed by atoms with E-state index in [0.29, 0.717) is 22.2 Å². The number of carbonyl (C=O) groups excluding carboxylic acids is 1. The van der Waals surface area contributed by atoms with Crippen molar-refractivity contribution < 1.29 is 19.4 Å². The van der Waals surface area contributed by atoms with Gasteiger partial charge in [0.25, 0.3) is 5.91 Å². The van der Waals surface area contributed by atoms with Gasteiger partial charge in [-0.1, -0.05) is 0 Å². The van der Waals surface area contributed by atoms with Crippen LogP contribution in [0.3, 0.4) is 0 Å². The molecule has 2 heterocycles. The van der Waals surface area contributed by atoms with Crippen LogP contribution in [0.4, 0.5) is 0 Å². The molecule has 2 bridgehead atoms. The molecule has 2 saturated heterocycles. The van der Waals surface area contributed by atoms with Crippen molar-refractivity contribution in [3.63, 3.8) is 0 Å². The van der Waals surface area contributed by atoms with Crippen LogP contribution in [0.15, 0.2) is 22.7 Å². The fraction of sp³-hybridized carbons (Fsp3) is 0.467. The first-order valence-electron chi connectivity index (χ1n) is 6.92. The van der Waals surface area contributed by atoms with Crippen molar-refractivity contribution in [2.75, 3.05) is 7.11 Å².